The minimum Gasteiger partial charge on any atom is -0.356 e. The summed E-state index contributed by atoms with van der Waals surface area (Å²) in [5.41, 5.74) is 0.341. The summed E-state index contributed by atoms with van der Waals surface area (Å²) in [7, 11) is -3.57. The Morgan fingerprint density at radius 1 is 1.28 bits per heavy atom. The highest BCUT2D eigenvalue weighted by molar-refractivity contribution is 7.89. The lowest BCUT2D eigenvalue weighted by Gasteiger charge is -2.22. The molecule has 1 aromatic rings. The van der Waals surface area contributed by atoms with Crippen molar-refractivity contribution in [3.05, 3.63) is 18.0 Å². The van der Waals surface area contributed by atoms with Crippen LogP contribution in [-0.4, -0.2) is 56.9 Å². The minimum absolute atomic E-state index is 0. The Morgan fingerprint density at radius 3 is 2.72 bits per heavy atom. The van der Waals surface area contributed by atoms with E-state index >= 15 is 0 Å². The Kier molecular flexibility index (Phi) is 7.30. The molecule has 9 heteroatoms. The third-order valence-corrected chi connectivity index (χ3v) is 6.27. The second kappa shape index (κ2) is 9.02. The maximum atomic E-state index is 12.4. The van der Waals surface area contributed by atoms with Crippen molar-refractivity contribution in [2.45, 2.75) is 37.0 Å². The number of piperidine rings is 1. The molecule has 3 rings (SSSR count). The summed E-state index contributed by atoms with van der Waals surface area (Å²) in [5.74, 6) is 0.405. The first-order chi connectivity index (χ1) is 11.6. The number of amides is 1. The van der Waals surface area contributed by atoms with Gasteiger partial charge in [0.05, 0.1) is 0 Å². The van der Waals surface area contributed by atoms with Gasteiger partial charge in [0.25, 0.3) is 5.91 Å². The summed E-state index contributed by atoms with van der Waals surface area (Å²) in [4.78, 5) is 17.0. The second-order valence-corrected chi connectivity index (χ2v) is 8.41. The fourth-order valence-electron chi connectivity index (χ4n) is 3.39. The van der Waals surface area contributed by atoms with Gasteiger partial charge < -0.3 is 15.2 Å². The zero-order valence-electron chi connectivity index (χ0n) is 14.3. The van der Waals surface area contributed by atoms with Crippen LogP contribution in [0.5, 0.6) is 0 Å². The molecule has 3 N–H and O–H groups in total. The summed E-state index contributed by atoms with van der Waals surface area (Å²) in [6.45, 7) is 3.93. The number of rotatable bonds is 6. The maximum absolute atomic E-state index is 12.4. The van der Waals surface area contributed by atoms with Gasteiger partial charge in [-0.1, -0.05) is 0 Å². The van der Waals surface area contributed by atoms with Crippen LogP contribution in [0.2, 0.25) is 0 Å². The molecule has 2 aliphatic heterocycles. The molecule has 1 unspecified atom stereocenters. The quantitative estimate of drug-likeness (QED) is 0.683. The average molecular weight is 391 g/mol. The van der Waals surface area contributed by atoms with Crippen LogP contribution in [0.3, 0.4) is 0 Å². The van der Waals surface area contributed by atoms with Gasteiger partial charge in [0.1, 0.15) is 10.6 Å². The third-order valence-electron chi connectivity index (χ3n) is 4.83. The average Bonchev–Trinajstić information content (AvgIpc) is 3.27. The smallest absolute Gasteiger partial charge is 0.270 e. The Hall–Kier alpha value is -1.09. The molecule has 0 aliphatic carbocycles. The van der Waals surface area contributed by atoms with E-state index in [0.29, 0.717) is 18.2 Å². The van der Waals surface area contributed by atoms with Gasteiger partial charge in [-0.25, -0.2) is 13.1 Å². The molecule has 1 atom stereocenters. The summed E-state index contributed by atoms with van der Waals surface area (Å²) in [6, 6.07) is 1.44. The van der Waals surface area contributed by atoms with E-state index < -0.39 is 10.0 Å². The summed E-state index contributed by atoms with van der Waals surface area (Å²) in [5, 5.41) is 3.33. The predicted molar refractivity (Wildman–Crippen MR) is 98.6 cm³/mol. The van der Waals surface area contributed by atoms with E-state index in [-0.39, 0.29) is 23.2 Å². The van der Waals surface area contributed by atoms with Gasteiger partial charge in [-0.3, -0.25) is 4.79 Å². The van der Waals surface area contributed by atoms with Crippen molar-refractivity contribution in [2.24, 2.45) is 5.92 Å². The number of aromatic nitrogens is 1. The van der Waals surface area contributed by atoms with E-state index in [0.717, 1.165) is 58.3 Å². The number of sulfonamides is 1. The molecule has 0 bridgehead atoms. The van der Waals surface area contributed by atoms with Gasteiger partial charge in [-0.15, -0.1) is 12.4 Å². The Morgan fingerprint density at radius 2 is 2.04 bits per heavy atom. The van der Waals surface area contributed by atoms with Crippen molar-refractivity contribution in [3.8, 4) is 0 Å². The number of halogens is 1. The molecule has 0 radical (unpaired) electrons. The molecule has 2 fully saturated rings. The van der Waals surface area contributed by atoms with E-state index in [4.69, 9.17) is 0 Å². The number of carbonyl (C=O) groups is 1. The fourth-order valence-corrected chi connectivity index (χ4v) is 4.44. The Bertz CT molecular complexity index is 665. The molecule has 25 heavy (non-hydrogen) atoms. The van der Waals surface area contributed by atoms with Crippen LogP contribution in [0.15, 0.2) is 17.2 Å². The molecule has 1 aromatic heterocycles. The first-order valence-electron chi connectivity index (χ1n) is 8.74. The second-order valence-electron chi connectivity index (χ2n) is 6.65. The predicted octanol–water partition coefficient (Wildman–Crippen LogP) is 1.34. The van der Waals surface area contributed by atoms with Crippen LogP contribution in [0.1, 0.15) is 42.6 Å². The third kappa shape index (κ3) is 5.20. The minimum atomic E-state index is -3.57. The first-order valence-corrected chi connectivity index (χ1v) is 10.2. The topological polar surface area (TPSA) is 94.3 Å². The number of nitrogens with zero attached hydrogens (tertiary/aromatic N) is 1. The molecule has 2 saturated heterocycles. The molecule has 0 aromatic carbocycles. The van der Waals surface area contributed by atoms with E-state index in [2.05, 4.69) is 15.0 Å². The Balaban J connectivity index is 0.00000225. The zero-order valence-corrected chi connectivity index (χ0v) is 15.9. The van der Waals surface area contributed by atoms with E-state index in [9.17, 15) is 13.2 Å². The van der Waals surface area contributed by atoms with Crippen molar-refractivity contribution in [3.63, 3.8) is 0 Å². The molecule has 0 spiro atoms. The zero-order chi connectivity index (χ0) is 17.0. The number of nitrogens with one attached hydrogen (secondary N) is 3. The molecular formula is C16H27ClN4O3S. The monoisotopic (exact) mass is 390 g/mol. The number of carbonyl (C=O) groups excluding carboxylic acids is 1. The first kappa shape index (κ1) is 20.2. The van der Waals surface area contributed by atoms with E-state index in [1.165, 1.54) is 12.3 Å². The summed E-state index contributed by atoms with van der Waals surface area (Å²) in [6.07, 6.45) is 6.54. The largest absolute Gasteiger partial charge is 0.356 e. The van der Waals surface area contributed by atoms with E-state index in [1.54, 1.807) is 4.90 Å². The van der Waals surface area contributed by atoms with Gasteiger partial charge in [0, 0.05) is 25.8 Å². The van der Waals surface area contributed by atoms with Crippen LogP contribution in [0.4, 0.5) is 0 Å². The maximum Gasteiger partial charge on any atom is 0.270 e. The molecule has 0 saturated carbocycles. The number of hydrogen-bond acceptors (Lipinski definition) is 4. The van der Waals surface area contributed by atoms with Crippen LogP contribution in [0.25, 0.3) is 0 Å². The van der Waals surface area contributed by atoms with Crippen LogP contribution >= 0.6 is 12.4 Å². The van der Waals surface area contributed by atoms with Crippen molar-refractivity contribution >= 4 is 28.3 Å². The van der Waals surface area contributed by atoms with Gasteiger partial charge in [-0.2, -0.15) is 0 Å². The molecule has 2 aliphatic rings. The van der Waals surface area contributed by atoms with Crippen molar-refractivity contribution in [2.75, 3.05) is 32.7 Å². The fraction of sp³-hybridized carbons (Fsp3) is 0.688. The van der Waals surface area contributed by atoms with Crippen LogP contribution < -0.4 is 10.0 Å². The van der Waals surface area contributed by atoms with E-state index in [1.807, 2.05) is 0 Å². The Labute approximate surface area is 155 Å². The standard InChI is InChI=1S/C16H26N4O3S.ClH/c21-16(20-8-1-2-9-20)15-10-14(12-18-15)24(22,23)19-7-5-13-4-3-6-17-11-13;/h10,12-13,17-19H,1-9,11H2;1H. The molecule has 3 heterocycles. The van der Waals surface area contributed by atoms with Crippen LogP contribution in [-0.2, 0) is 10.0 Å². The van der Waals surface area contributed by atoms with Gasteiger partial charge >= 0.3 is 0 Å². The lowest BCUT2D eigenvalue weighted by Crippen LogP contribution is -2.33. The molecule has 142 valence electrons. The normalized spacial score (nSPS) is 21.1. The molecule has 7 nitrogen and oxygen atoms in total. The van der Waals surface area contributed by atoms with Crippen molar-refractivity contribution in [1.29, 1.82) is 0 Å². The number of H-pyrrole nitrogens is 1. The number of aromatic amines is 1. The summed E-state index contributed by atoms with van der Waals surface area (Å²) >= 11 is 0. The van der Waals surface area contributed by atoms with Gasteiger partial charge in [0.15, 0.2) is 0 Å². The highest BCUT2D eigenvalue weighted by Crippen LogP contribution is 2.17. The number of likely N-dealkylation sites (tertiary alicyclic amines) is 1. The lowest BCUT2D eigenvalue weighted by molar-refractivity contribution is 0.0787. The lowest BCUT2D eigenvalue weighted by atomic mass is 9.96. The van der Waals surface area contributed by atoms with Crippen molar-refractivity contribution in [1.82, 2.24) is 19.9 Å². The SMILES string of the molecule is Cl.O=C(c1cc(S(=O)(=O)NCCC2CCCNC2)c[nH]1)N1CCCC1. The highest BCUT2D eigenvalue weighted by atomic mass is 35.5. The van der Waals surface area contributed by atoms with Gasteiger partial charge in [-0.05, 0) is 57.2 Å². The molecular weight excluding hydrogens is 364 g/mol. The molecule has 1 amide bonds. The summed E-state index contributed by atoms with van der Waals surface area (Å²) < 4.78 is 27.4. The van der Waals surface area contributed by atoms with Crippen molar-refractivity contribution < 1.29 is 13.2 Å². The van der Waals surface area contributed by atoms with Crippen LogP contribution in [0, 0.1) is 5.92 Å². The van der Waals surface area contributed by atoms with Gasteiger partial charge in [0.2, 0.25) is 10.0 Å². The highest BCUT2D eigenvalue weighted by Gasteiger charge is 2.23. The number of hydrogen-bond donors (Lipinski definition) is 3.